The molecule has 1 aromatic heterocycles. The number of esters is 2. The minimum absolute atomic E-state index is 0.00546. The lowest BCUT2D eigenvalue weighted by Gasteiger charge is -2.46. The maximum absolute atomic E-state index is 14.6. The molecule has 3 aliphatic rings. The molecule has 0 saturated carbocycles. The van der Waals surface area contributed by atoms with Crippen molar-refractivity contribution in [2.24, 2.45) is 0 Å². The Labute approximate surface area is 479 Å². The molecule has 3 fully saturated rings. The fourth-order valence-corrected chi connectivity index (χ4v) is 9.19. The monoisotopic (exact) mass is 1200 g/mol. The summed E-state index contributed by atoms with van der Waals surface area (Å²) in [6, 6.07) is 10.2. The van der Waals surface area contributed by atoms with Crippen molar-refractivity contribution in [3.05, 3.63) is 88.1 Å². The molecule has 460 valence electrons. The third-order valence-electron chi connectivity index (χ3n) is 13.7. The lowest BCUT2D eigenvalue weighted by molar-refractivity contribution is -0.363. The average Bonchev–Trinajstić information content (AvgIpc) is 1.30. The second kappa shape index (κ2) is 26.8. The fourth-order valence-electron chi connectivity index (χ4n) is 9.19. The van der Waals surface area contributed by atoms with Crippen molar-refractivity contribution >= 4 is 35.1 Å². The molecule has 3 aliphatic heterocycles. The zero-order chi connectivity index (χ0) is 61.7. The first kappa shape index (κ1) is 62.8. The molecule has 85 heavy (non-hydrogen) atoms. The van der Waals surface area contributed by atoms with Crippen LogP contribution in [-0.2, 0) is 42.7 Å². The first-order valence-corrected chi connectivity index (χ1v) is 25.5. The number of aliphatic hydroxyl groups is 8. The molecule has 4 heterocycles. The number of benzene rings is 4. The Hall–Kier alpha value is -8.21. The SMILES string of the molecule is COc1cc(/C=C/C(=O)OC[C@H]2O[C@@H](O[C@H]3[C@H](Oc4c(-c5ccc(O)c(O)c5)oc5cc(O)cc(O)c5c4=O)O[C@H](CO[C@@H]4O[C@H](CO)[C@@H](O)[C@H](O)[C@H]4OC(=O)/C=C/c4cc(OC)c(O)c(OC)c4)[C@@H](O)[C@@H]3O)[C@H](O)[C@@H](O)[C@@H]2O)cc(OC)c1O. The van der Waals surface area contributed by atoms with Crippen LogP contribution in [0.25, 0.3) is 34.4 Å². The van der Waals surface area contributed by atoms with Gasteiger partial charge in [0.2, 0.25) is 29.0 Å². The van der Waals surface area contributed by atoms with Crippen LogP contribution in [0.15, 0.2) is 76.0 Å². The molecule has 3 saturated heterocycles. The summed E-state index contributed by atoms with van der Waals surface area (Å²) >= 11 is 0. The molecule has 14 N–H and O–H groups in total. The Balaban J connectivity index is 1.10. The van der Waals surface area contributed by atoms with Crippen molar-refractivity contribution in [1.82, 2.24) is 0 Å². The number of hydrogen-bond acceptors (Lipinski definition) is 30. The Morgan fingerprint density at radius 1 is 0.553 bits per heavy atom. The van der Waals surface area contributed by atoms with E-state index < -0.39 is 175 Å². The number of hydrogen-bond donors (Lipinski definition) is 14. The molecule has 0 bridgehead atoms. The van der Waals surface area contributed by atoms with Crippen LogP contribution >= 0.6 is 0 Å². The van der Waals surface area contributed by atoms with Gasteiger partial charge < -0.3 is 133 Å². The maximum Gasteiger partial charge on any atom is 0.331 e. The number of carbonyl (C=O) groups excluding carboxylic acids is 2. The van der Waals surface area contributed by atoms with E-state index in [2.05, 4.69) is 0 Å². The van der Waals surface area contributed by atoms with Crippen molar-refractivity contribution < 1.29 is 142 Å². The normalized spacial score (nSPS) is 27.8. The van der Waals surface area contributed by atoms with E-state index in [1.165, 1.54) is 64.9 Å². The van der Waals surface area contributed by atoms with Gasteiger partial charge in [0, 0.05) is 29.8 Å². The van der Waals surface area contributed by atoms with E-state index in [0.29, 0.717) is 5.56 Å². The van der Waals surface area contributed by atoms with Gasteiger partial charge in [-0.25, -0.2) is 9.59 Å². The predicted octanol–water partition coefficient (Wildman–Crippen LogP) is -0.916. The van der Waals surface area contributed by atoms with Gasteiger partial charge in [-0.05, 0) is 65.7 Å². The maximum atomic E-state index is 14.6. The largest absolute Gasteiger partial charge is 0.508 e. The van der Waals surface area contributed by atoms with E-state index in [1.807, 2.05) is 0 Å². The number of fused-ring (bicyclic) bond motifs is 1. The highest BCUT2D eigenvalue weighted by Gasteiger charge is 2.53. The van der Waals surface area contributed by atoms with Gasteiger partial charge in [0.15, 0.2) is 65.0 Å². The van der Waals surface area contributed by atoms with Crippen molar-refractivity contribution in [1.29, 1.82) is 0 Å². The number of phenolic OH excluding ortho intramolecular Hbond substituents is 6. The molecule has 0 unspecified atom stereocenters. The number of aliphatic hydroxyl groups excluding tert-OH is 8. The first-order chi connectivity index (χ1) is 40.5. The number of rotatable bonds is 20. The van der Waals surface area contributed by atoms with E-state index in [-0.39, 0.29) is 45.6 Å². The number of carbonyl (C=O) groups is 2. The molecule has 5 aromatic rings. The van der Waals surface area contributed by atoms with Gasteiger partial charge in [0.1, 0.15) is 90.1 Å². The zero-order valence-corrected chi connectivity index (χ0v) is 45.1. The Morgan fingerprint density at radius 3 is 1.66 bits per heavy atom. The van der Waals surface area contributed by atoms with Crippen LogP contribution in [0.3, 0.4) is 0 Å². The molecule has 30 heteroatoms. The summed E-state index contributed by atoms with van der Waals surface area (Å²) < 4.78 is 72.8. The third kappa shape index (κ3) is 13.5. The zero-order valence-electron chi connectivity index (χ0n) is 45.1. The van der Waals surface area contributed by atoms with Crippen LogP contribution in [0.5, 0.6) is 63.2 Å². The summed E-state index contributed by atoms with van der Waals surface area (Å²) in [5, 5.41) is 151. The van der Waals surface area contributed by atoms with Gasteiger partial charge in [0.25, 0.3) is 0 Å². The topological polar surface area (TPSA) is 458 Å². The number of phenols is 6. The molecule has 15 atom stereocenters. The van der Waals surface area contributed by atoms with Crippen molar-refractivity contribution in [3.8, 4) is 74.6 Å². The standard InChI is InChI=1S/C55H60O30/c1-73-29-11-21(12-30(74-2)39(29)63)5-9-36(61)77-19-34-42(66)45(69)48(72)53(81-34)85-52-47(71)43(67)35(82-55(52)84-50-44(68)38-27(60)16-24(57)17-28(38)79-49(50)23-7-8-25(58)26(59)15-23)20-78-54-51(46(70)41(65)33(18-56)80-54)83-37(62)10-6-22-13-31(75-3)40(64)32(14-22)76-4/h5-17,33-35,41-43,45-48,51-60,63-67,69-72H,18-20H2,1-4H3/b9-5+,10-6+/t33-,34-,35-,41-,42-,43-,45+,46+,47+,48-,51-,52-,53+,54-,55+/m1/s1. The van der Waals surface area contributed by atoms with E-state index in [9.17, 15) is 85.9 Å². The molecule has 0 aliphatic carbocycles. The molecule has 0 amide bonds. The fraction of sp³-hybridized carbons (Fsp3) is 0.400. The van der Waals surface area contributed by atoms with Gasteiger partial charge in [-0.1, -0.05) is 0 Å². The van der Waals surface area contributed by atoms with Crippen LogP contribution < -0.4 is 29.1 Å². The Bertz CT molecular complexity index is 3270. The number of methoxy groups -OCH3 is 4. The molecule has 30 nitrogen and oxygen atoms in total. The van der Waals surface area contributed by atoms with Gasteiger partial charge in [-0.15, -0.1) is 0 Å². The van der Waals surface area contributed by atoms with Gasteiger partial charge in [-0.2, -0.15) is 0 Å². The molecule has 0 spiro atoms. The van der Waals surface area contributed by atoms with Gasteiger partial charge >= 0.3 is 11.9 Å². The smallest absolute Gasteiger partial charge is 0.331 e. The molecular formula is C55H60O30. The van der Waals surface area contributed by atoms with Gasteiger partial charge in [-0.3, -0.25) is 4.79 Å². The quantitative estimate of drug-likeness (QED) is 0.0255. The summed E-state index contributed by atoms with van der Waals surface area (Å²) in [6.45, 7) is -2.75. The van der Waals surface area contributed by atoms with Crippen LogP contribution in [0.1, 0.15) is 11.1 Å². The third-order valence-corrected chi connectivity index (χ3v) is 13.7. The first-order valence-electron chi connectivity index (χ1n) is 25.5. The van der Waals surface area contributed by atoms with E-state index in [4.69, 9.17) is 61.3 Å². The highest BCUT2D eigenvalue weighted by atomic mass is 16.8. The van der Waals surface area contributed by atoms with E-state index in [1.54, 1.807) is 0 Å². The van der Waals surface area contributed by atoms with Crippen LogP contribution in [0, 0.1) is 0 Å². The summed E-state index contributed by atoms with van der Waals surface area (Å²) in [4.78, 5) is 40.8. The van der Waals surface area contributed by atoms with Crippen molar-refractivity contribution in [2.45, 2.75) is 92.1 Å². The minimum Gasteiger partial charge on any atom is -0.508 e. The summed E-state index contributed by atoms with van der Waals surface area (Å²) in [6.07, 6.45) is -26.4. The van der Waals surface area contributed by atoms with Gasteiger partial charge in [0.05, 0.1) is 41.7 Å². The predicted molar refractivity (Wildman–Crippen MR) is 282 cm³/mol. The number of ether oxygens (including phenoxy) is 12. The number of aromatic hydroxyl groups is 6. The van der Waals surface area contributed by atoms with Crippen molar-refractivity contribution in [3.63, 3.8) is 0 Å². The van der Waals surface area contributed by atoms with Crippen LogP contribution in [0.4, 0.5) is 0 Å². The van der Waals surface area contributed by atoms with E-state index in [0.717, 1.165) is 42.5 Å². The molecule has 8 rings (SSSR count). The molecule has 0 radical (unpaired) electrons. The average molecular weight is 1200 g/mol. The highest BCUT2D eigenvalue weighted by molar-refractivity contribution is 5.89. The lowest BCUT2D eigenvalue weighted by Crippen LogP contribution is -2.65. The molecular weight excluding hydrogens is 1140 g/mol. The lowest BCUT2D eigenvalue weighted by atomic mass is 9.97. The van der Waals surface area contributed by atoms with Crippen molar-refractivity contribution in [2.75, 3.05) is 48.3 Å². The highest BCUT2D eigenvalue weighted by Crippen LogP contribution is 2.42. The summed E-state index contributed by atoms with van der Waals surface area (Å²) in [7, 11) is 5.10. The van der Waals surface area contributed by atoms with Crippen LogP contribution in [0.2, 0.25) is 0 Å². The van der Waals surface area contributed by atoms with E-state index >= 15 is 0 Å². The molecule has 4 aromatic carbocycles. The minimum atomic E-state index is -2.33. The Kier molecular flexibility index (Phi) is 19.8. The second-order valence-electron chi connectivity index (χ2n) is 19.2. The Morgan fingerprint density at radius 2 is 1.08 bits per heavy atom. The summed E-state index contributed by atoms with van der Waals surface area (Å²) in [5.74, 6) is -7.26. The summed E-state index contributed by atoms with van der Waals surface area (Å²) in [5.41, 5.74) is -1.35. The second-order valence-corrected chi connectivity index (χ2v) is 19.2. The van der Waals surface area contributed by atoms with Crippen LogP contribution in [-0.4, -0.2) is 224 Å².